The molecule has 2 N–H and O–H groups in total. The molecule has 0 aliphatic heterocycles. The molecule has 2 unspecified atom stereocenters. The van der Waals surface area contributed by atoms with Gasteiger partial charge in [-0.3, -0.25) is 0 Å². The number of halogens is 1. The molecule has 0 fully saturated rings. The standard InChI is InChI=1S/C16H27FN2O/c1-11(2)8-14(10-19(4)5)18-12(3)15-7-6-13(17)9-16(15)20/h6-7,9,11-12,14,18,20H,8,10H2,1-5H3. The summed E-state index contributed by atoms with van der Waals surface area (Å²) >= 11 is 0. The summed E-state index contributed by atoms with van der Waals surface area (Å²) in [5.41, 5.74) is 0.735. The van der Waals surface area contributed by atoms with Crippen molar-refractivity contribution in [1.82, 2.24) is 10.2 Å². The fraction of sp³-hybridized carbons (Fsp3) is 0.625. The highest BCUT2D eigenvalue weighted by atomic mass is 19.1. The van der Waals surface area contributed by atoms with Crippen LogP contribution >= 0.6 is 0 Å². The summed E-state index contributed by atoms with van der Waals surface area (Å²) in [5.74, 6) is 0.199. The fourth-order valence-electron chi connectivity index (χ4n) is 2.53. The molecule has 2 atom stereocenters. The maximum atomic E-state index is 13.0. The number of benzene rings is 1. The van der Waals surface area contributed by atoms with Crippen LogP contribution < -0.4 is 5.32 Å². The highest BCUT2D eigenvalue weighted by molar-refractivity contribution is 5.34. The van der Waals surface area contributed by atoms with Crippen LogP contribution in [0.25, 0.3) is 0 Å². The summed E-state index contributed by atoms with van der Waals surface area (Å²) in [5, 5.41) is 13.4. The lowest BCUT2D eigenvalue weighted by Crippen LogP contribution is -2.40. The summed E-state index contributed by atoms with van der Waals surface area (Å²) in [7, 11) is 4.10. The van der Waals surface area contributed by atoms with Gasteiger partial charge in [0.15, 0.2) is 0 Å². The van der Waals surface area contributed by atoms with Crippen molar-refractivity contribution < 1.29 is 9.50 Å². The number of phenols is 1. The van der Waals surface area contributed by atoms with Crippen LogP contribution in [0.15, 0.2) is 18.2 Å². The predicted molar refractivity (Wildman–Crippen MR) is 81.4 cm³/mol. The molecular weight excluding hydrogens is 255 g/mol. The minimum atomic E-state index is -0.412. The van der Waals surface area contributed by atoms with E-state index >= 15 is 0 Å². The molecule has 0 saturated heterocycles. The van der Waals surface area contributed by atoms with Crippen LogP contribution in [-0.2, 0) is 0 Å². The molecule has 4 heteroatoms. The van der Waals surface area contributed by atoms with Gasteiger partial charge in [-0.15, -0.1) is 0 Å². The zero-order valence-corrected chi connectivity index (χ0v) is 13.2. The van der Waals surface area contributed by atoms with E-state index < -0.39 is 5.82 Å². The molecule has 3 nitrogen and oxygen atoms in total. The Hall–Kier alpha value is -1.13. The second-order valence-electron chi connectivity index (χ2n) is 6.18. The van der Waals surface area contributed by atoms with Crippen molar-refractivity contribution in [2.75, 3.05) is 20.6 Å². The molecule has 0 amide bonds. The summed E-state index contributed by atoms with van der Waals surface area (Å²) in [6.07, 6.45) is 1.06. The molecular formula is C16H27FN2O. The van der Waals surface area contributed by atoms with Gasteiger partial charge >= 0.3 is 0 Å². The van der Waals surface area contributed by atoms with E-state index in [1.807, 2.05) is 6.92 Å². The molecule has 0 aliphatic carbocycles. The lowest BCUT2D eigenvalue weighted by atomic mass is 10.0. The zero-order chi connectivity index (χ0) is 15.3. The lowest BCUT2D eigenvalue weighted by molar-refractivity contribution is 0.289. The van der Waals surface area contributed by atoms with E-state index in [0.29, 0.717) is 12.0 Å². The highest BCUT2D eigenvalue weighted by Crippen LogP contribution is 2.25. The average molecular weight is 282 g/mol. The molecule has 0 aliphatic rings. The van der Waals surface area contributed by atoms with Crippen LogP contribution in [-0.4, -0.2) is 36.7 Å². The number of nitrogens with one attached hydrogen (secondary N) is 1. The summed E-state index contributed by atoms with van der Waals surface area (Å²) < 4.78 is 13.0. The summed E-state index contributed by atoms with van der Waals surface area (Å²) in [6.45, 7) is 7.33. The normalized spacial score (nSPS) is 14.8. The quantitative estimate of drug-likeness (QED) is 0.806. The molecule has 0 saturated carbocycles. The Bertz CT molecular complexity index is 411. The van der Waals surface area contributed by atoms with Crippen LogP contribution in [0.1, 0.15) is 38.8 Å². The number of phenolic OH excluding ortho intramolecular Hbond substituents is 1. The molecule has 1 rings (SSSR count). The molecule has 0 bridgehead atoms. The van der Waals surface area contributed by atoms with E-state index in [4.69, 9.17) is 0 Å². The van der Waals surface area contributed by atoms with Crippen molar-refractivity contribution in [2.24, 2.45) is 5.92 Å². The van der Waals surface area contributed by atoms with Gasteiger partial charge in [-0.1, -0.05) is 19.9 Å². The highest BCUT2D eigenvalue weighted by Gasteiger charge is 2.17. The Labute approximate surface area is 121 Å². The Kier molecular flexibility index (Phi) is 6.43. The van der Waals surface area contributed by atoms with Crippen molar-refractivity contribution in [1.29, 1.82) is 0 Å². The largest absolute Gasteiger partial charge is 0.508 e. The van der Waals surface area contributed by atoms with Gasteiger partial charge in [0.05, 0.1) is 0 Å². The number of aromatic hydroxyl groups is 1. The van der Waals surface area contributed by atoms with Gasteiger partial charge in [0.25, 0.3) is 0 Å². The van der Waals surface area contributed by atoms with Crippen LogP contribution in [0.2, 0.25) is 0 Å². The smallest absolute Gasteiger partial charge is 0.126 e. The molecule has 114 valence electrons. The van der Waals surface area contributed by atoms with Gasteiger partial charge in [0, 0.05) is 30.3 Å². The molecule has 1 aromatic carbocycles. The Morgan fingerprint density at radius 3 is 2.40 bits per heavy atom. The van der Waals surface area contributed by atoms with E-state index in [1.165, 1.54) is 6.07 Å². The summed E-state index contributed by atoms with van der Waals surface area (Å²) in [4.78, 5) is 2.15. The third-order valence-corrected chi connectivity index (χ3v) is 3.29. The second kappa shape index (κ2) is 7.60. The molecule has 0 radical (unpaired) electrons. The molecule has 0 spiro atoms. The van der Waals surface area contributed by atoms with E-state index in [2.05, 4.69) is 38.2 Å². The van der Waals surface area contributed by atoms with Crippen LogP contribution in [0.4, 0.5) is 4.39 Å². The molecule has 0 aromatic heterocycles. The number of hydrogen-bond acceptors (Lipinski definition) is 3. The van der Waals surface area contributed by atoms with Gasteiger partial charge in [-0.25, -0.2) is 4.39 Å². The number of likely N-dealkylation sites (N-methyl/N-ethyl adjacent to an activating group) is 1. The third kappa shape index (κ3) is 5.47. The maximum Gasteiger partial charge on any atom is 0.126 e. The van der Waals surface area contributed by atoms with Gasteiger partial charge in [-0.05, 0) is 39.4 Å². The molecule has 1 aromatic rings. The third-order valence-electron chi connectivity index (χ3n) is 3.29. The van der Waals surface area contributed by atoms with Crippen molar-refractivity contribution in [3.63, 3.8) is 0 Å². The van der Waals surface area contributed by atoms with Gasteiger partial charge in [-0.2, -0.15) is 0 Å². The number of rotatable bonds is 7. The Morgan fingerprint density at radius 2 is 1.90 bits per heavy atom. The van der Waals surface area contributed by atoms with Crippen molar-refractivity contribution in [3.8, 4) is 5.75 Å². The van der Waals surface area contributed by atoms with Crippen LogP contribution in [0, 0.1) is 11.7 Å². The summed E-state index contributed by atoms with van der Waals surface area (Å²) in [6, 6.07) is 4.52. The van der Waals surface area contributed by atoms with Crippen LogP contribution in [0.3, 0.4) is 0 Å². The van der Waals surface area contributed by atoms with E-state index in [-0.39, 0.29) is 11.8 Å². The SMILES string of the molecule is CC(C)CC(CN(C)C)NC(C)c1ccc(F)cc1O. The van der Waals surface area contributed by atoms with Crippen molar-refractivity contribution in [3.05, 3.63) is 29.6 Å². The lowest BCUT2D eigenvalue weighted by Gasteiger charge is -2.28. The number of nitrogens with zero attached hydrogens (tertiary/aromatic N) is 1. The van der Waals surface area contributed by atoms with E-state index in [9.17, 15) is 9.50 Å². The Morgan fingerprint density at radius 1 is 1.25 bits per heavy atom. The minimum absolute atomic E-state index is 0.0122. The first-order valence-electron chi connectivity index (χ1n) is 7.18. The van der Waals surface area contributed by atoms with Gasteiger partial charge < -0.3 is 15.3 Å². The van der Waals surface area contributed by atoms with Gasteiger partial charge in [0.1, 0.15) is 11.6 Å². The maximum absolute atomic E-state index is 13.0. The fourth-order valence-corrected chi connectivity index (χ4v) is 2.53. The first-order valence-corrected chi connectivity index (χ1v) is 7.18. The average Bonchev–Trinajstić information content (AvgIpc) is 2.26. The predicted octanol–water partition coefficient (Wildman–Crippen LogP) is 3.16. The second-order valence-corrected chi connectivity index (χ2v) is 6.18. The number of hydrogen-bond donors (Lipinski definition) is 2. The molecule has 0 heterocycles. The van der Waals surface area contributed by atoms with Crippen molar-refractivity contribution in [2.45, 2.75) is 39.3 Å². The monoisotopic (exact) mass is 282 g/mol. The molecule has 20 heavy (non-hydrogen) atoms. The minimum Gasteiger partial charge on any atom is -0.508 e. The van der Waals surface area contributed by atoms with Crippen LogP contribution in [0.5, 0.6) is 5.75 Å². The van der Waals surface area contributed by atoms with E-state index in [1.54, 1.807) is 6.07 Å². The zero-order valence-electron chi connectivity index (χ0n) is 13.2. The van der Waals surface area contributed by atoms with E-state index in [0.717, 1.165) is 24.6 Å². The first-order chi connectivity index (χ1) is 9.29. The first kappa shape index (κ1) is 16.9. The van der Waals surface area contributed by atoms with Gasteiger partial charge in [0.2, 0.25) is 0 Å². The Balaban J connectivity index is 2.75. The van der Waals surface area contributed by atoms with Crippen molar-refractivity contribution >= 4 is 0 Å². The topological polar surface area (TPSA) is 35.5 Å².